The predicted molar refractivity (Wildman–Crippen MR) is 92.7 cm³/mol. The summed E-state index contributed by atoms with van der Waals surface area (Å²) >= 11 is 0. The summed E-state index contributed by atoms with van der Waals surface area (Å²) in [7, 11) is 1.89. The van der Waals surface area contributed by atoms with Crippen molar-refractivity contribution < 1.29 is 4.79 Å². The molecule has 6 heteroatoms. The zero-order chi connectivity index (χ0) is 17.3. The zero-order valence-electron chi connectivity index (χ0n) is 15.0. The fourth-order valence-electron chi connectivity index (χ4n) is 3.08. The van der Waals surface area contributed by atoms with Gasteiger partial charge in [-0.1, -0.05) is 20.8 Å². The third-order valence-electron chi connectivity index (χ3n) is 4.53. The number of fused-ring (bicyclic) bond motifs is 1. The van der Waals surface area contributed by atoms with Crippen LogP contribution in [-0.2, 0) is 36.6 Å². The third-order valence-corrected chi connectivity index (χ3v) is 4.53. The smallest absolute Gasteiger partial charge is 0.220 e. The molecule has 0 aromatic carbocycles. The molecule has 2 aromatic heterocycles. The lowest BCUT2D eigenvalue weighted by Crippen LogP contribution is -2.40. The second kappa shape index (κ2) is 6.42. The van der Waals surface area contributed by atoms with Crippen LogP contribution < -0.4 is 5.32 Å². The van der Waals surface area contributed by atoms with Crippen molar-refractivity contribution >= 4 is 5.91 Å². The van der Waals surface area contributed by atoms with E-state index in [2.05, 4.69) is 42.0 Å². The molecule has 24 heavy (non-hydrogen) atoms. The monoisotopic (exact) mass is 329 g/mol. The summed E-state index contributed by atoms with van der Waals surface area (Å²) in [6.07, 6.45) is 9.04. The van der Waals surface area contributed by atoms with Gasteiger partial charge >= 0.3 is 0 Å². The fourth-order valence-corrected chi connectivity index (χ4v) is 3.08. The van der Waals surface area contributed by atoms with E-state index in [1.54, 1.807) is 4.68 Å². The maximum absolute atomic E-state index is 12.2. The highest BCUT2D eigenvalue weighted by Gasteiger charge is 2.25. The maximum Gasteiger partial charge on any atom is 0.220 e. The van der Waals surface area contributed by atoms with Crippen LogP contribution in [0.1, 0.15) is 50.7 Å². The Morgan fingerprint density at radius 3 is 2.83 bits per heavy atom. The number of imidazole rings is 1. The number of amides is 1. The highest BCUT2D eigenvalue weighted by atomic mass is 16.1. The molecule has 1 amide bonds. The second-order valence-electron chi connectivity index (χ2n) is 7.77. The quantitative estimate of drug-likeness (QED) is 0.933. The highest BCUT2D eigenvalue weighted by Crippen LogP contribution is 2.24. The highest BCUT2D eigenvalue weighted by molar-refractivity contribution is 5.76. The number of hydrogen-bond donors (Lipinski definition) is 1. The molecule has 6 nitrogen and oxygen atoms in total. The number of hydrogen-bond acceptors (Lipinski definition) is 3. The van der Waals surface area contributed by atoms with Crippen molar-refractivity contribution in [1.82, 2.24) is 24.6 Å². The molecule has 0 spiro atoms. The summed E-state index contributed by atoms with van der Waals surface area (Å²) in [6, 6.07) is 0.195. The van der Waals surface area contributed by atoms with Gasteiger partial charge in [-0.3, -0.25) is 9.48 Å². The minimum absolute atomic E-state index is 0.0623. The first-order chi connectivity index (χ1) is 11.3. The van der Waals surface area contributed by atoms with Gasteiger partial charge in [-0.15, -0.1) is 0 Å². The Labute approximate surface area is 143 Å². The van der Waals surface area contributed by atoms with Crippen LogP contribution in [0.4, 0.5) is 0 Å². The lowest BCUT2D eigenvalue weighted by molar-refractivity contribution is -0.122. The molecule has 1 aliphatic rings. The van der Waals surface area contributed by atoms with E-state index in [4.69, 9.17) is 4.98 Å². The van der Waals surface area contributed by atoms with E-state index in [0.29, 0.717) is 6.42 Å². The van der Waals surface area contributed by atoms with Crippen LogP contribution in [0.5, 0.6) is 0 Å². The minimum Gasteiger partial charge on any atom is -0.352 e. The van der Waals surface area contributed by atoms with Gasteiger partial charge in [0.05, 0.1) is 11.9 Å². The van der Waals surface area contributed by atoms with Gasteiger partial charge in [-0.05, 0) is 18.4 Å². The van der Waals surface area contributed by atoms with Crippen LogP contribution in [0.15, 0.2) is 18.6 Å². The van der Waals surface area contributed by atoms with Gasteiger partial charge in [0, 0.05) is 50.3 Å². The summed E-state index contributed by atoms with van der Waals surface area (Å²) < 4.78 is 3.97. The Bertz CT molecular complexity index is 722. The molecule has 0 fully saturated rings. The standard InChI is InChI=1S/C18H27N5O/c1-18(2,3)15-12-23-11-14(6-7-16(23)21-15)20-17(24)8-5-13-9-19-22(4)10-13/h9-10,12,14H,5-8,11H2,1-4H3,(H,20,24)/t14-/m1/s1. The molecule has 2 aromatic rings. The van der Waals surface area contributed by atoms with E-state index in [1.165, 1.54) is 0 Å². The van der Waals surface area contributed by atoms with E-state index in [9.17, 15) is 4.79 Å². The Morgan fingerprint density at radius 1 is 1.38 bits per heavy atom. The predicted octanol–water partition coefficient (Wildman–Crippen LogP) is 1.98. The summed E-state index contributed by atoms with van der Waals surface area (Å²) in [5, 5.41) is 7.30. The molecule has 0 unspecified atom stereocenters. The topological polar surface area (TPSA) is 64.7 Å². The first-order valence-corrected chi connectivity index (χ1v) is 8.64. The second-order valence-corrected chi connectivity index (χ2v) is 7.77. The first-order valence-electron chi connectivity index (χ1n) is 8.64. The molecular formula is C18H27N5O. The number of carbonyl (C=O) groups excluding carboxylic acids is 1. The molecule has 130 valence electrons. The summed E-state index contributed by atoms with van der Waals surface area (Å²) in [4.78, 5) is 17.0. The average molecular weight is 329 g/mol. The van der Waals surface area contributed by atoms with Gasteiger partial charge in [0.25, 0.3) is 0 Å². The molecule has 3 rings (SSSR count). The van der Waals surface area contributed by atoms with Gasteiger partial charge < -0.3 is 9.88 Å². The minimum atomic E-state index is 0.0623. The first kappa shape index (κ1) is 16.7. The molecule has 0 saturated heterocycles. The van der Waals surface area contributed by atoms with E-state index < -0.39 is 0 Å². The molecule has 1 atom stereocenters. The molecule has 3 heterocycles. The summed E-state index contributed by atoms with van der Waals surface area (Å²) in [6.45, 7) is 7.36. The molecular weight excluding hydrogens is 302 g/mol. The van der Waals surface area contributed by atoms with Gasteiger partial charge in [-0.25, -0.2) is 4.98 Å². The van der Waals surface area contributed by atoms with Crippen LogP contribution >= 0.6 is 0 Å². The van der Waals surface area contributed by atoms with Crippen molar-refractivity contribution in [3.63, 3.8) is 0 Å². The molecule has 1 N–H and O–H groups in total. The molecule has 1 aliphatic heterocycles. The van der Waals surface area contributed by atoms with Gasteiger partial charge in [0.2, 0.25) is 5.91 Å². The van der Waals surface area contributed by atoms with Gasteiger partial charge in [-0.2, -0.15) is 5.10 Å². The van der Waals surface area contributed by atoms with Crippen molar-refractivity contribution in [1.29, 1.82) is 0 Å². The number of nitrogens with one attached hydrogen (secondary N) is 1. The lowest BCUT2D eigenvalue weighted by atomic mass is 9.93. The number of nitrogens with zero attached hydrogens (tertiary/aromatic N) is 4. The Hall–Kier alpha value is -2.11. The maximum atomic E-state index is 12.2. The van der Waals surface area contributed by atoms with Crippen LogP contribution in [-0.4, -0.2) is 31.3 Å². The van der Waals surface area contributed by atoms with Crippen LogP contribution in [0.25, 0.3) is 0 Å². The third kappa shape index (κ3) is 3.86. The number of rotatable bonds is 4. The van der Waals surface area contributed by atoms with E-state index in [0.717, 1.165) is 42.9 Å². The fraction of sp³-hybridized carbons (Fsp3) is 0.611. The summed E-state index contributed by atoms with van der Waals surface area (Å²) in [5.41, 5.74) is 2.29. The largest absolute Gasteiger partial charge is 0.352 e. The Morgan fingerprint density at radius 2 is 2.17 bits per heavy atom. The van der Waals surface area contributed by atoms with E-state index in [1.807, 2.05) is 19.4 Å². The molecule has 0 aliphatic carbocycles. The van der Waals surface area contributed by atoms with Crippen LogP contribution in [0.2, 0.25) is 0 Å². The van der Waals surface area contributed by atoms with E-state index in [-0.39, 0.29) is 17.4 Å². The SMILES string of the molecule is Cn1cc(CCC(=O)N[C@@H]2CCc3nc(C(C)(C)C)cn3C2)cn1. The number of aryl methyl sites for hydroxylation is 3. The average Bonchev–Trinajstić information content (AvgIpc) is 3.10. The molecule has 0 bridgehead atoms. The van der Waals surface area contributed by atoms with Crippen molar-refractivity contribution in [2.24, 2.45) is 7.05 Å². The van der Waals surface area contributed by atoms with E-state index >= 15 is 0 Å². The lowest BCUT2D eigenvalue weighted by Gasteiger charge is -2.24. The van der Waals surface area contributed by atoms with Crippen molar-refractivity contribution in [2.45, 2.75) is 64.5 Å². The van der Waals surface area contributed by atoms with Crippen molar-refractivity contribution in [2.75, 3.05) is 0 Å². The number of aromatic nitrogens is 4. The van der Waals surface area contributed by atoms with Crippen molar-refractivity contribution in [3.05, 3.63) is 35.7 Å². The van der Waals surface area contributed by atoms with Crippen molar-refractivity contribution in [3.8, 4) is 0 Å². The summed E-state index contributed by atoms with van der Waals surface area (Å²) in [5.74, 6) is 1.25. The van der Waals surface area contributed by atoms with Gasteiger partial charge in [0.1, 0.15) is 5.82 Å². The zero-order valence-corrected chi connectivity index (χ0v) is 15.0. The Balaban J connectivity index is 1.53. The normalized spacial score (nSPS) is 17.6. The molecule has 0 radical (unpaired) electrons. The number of carbonyl (C=O) groups is 1. The van der Waals surface area contributed by atoms with Crippen LogP contribution in [0.3, 0.4) is 0 Å². The Kier molecular flexibility index (Phi) is 4.47. The molecule has 0 saturated carbocycles. The van der Waals surface area contributed by atoms with Crippen LogP contribution in [0, 0.1) is 0 Å². The van der Waals surface area contributed by atoms with Gasteiger partial charge in [0.15, 0.2) is 0 Å².